The summed E-state index contributed by atoms with van der Waals surface area (Å²) in [4.78, 5) is 14.2. The fourth-order valence-electron chi connectivity index (χ4n) is 2.82. The second-order valence-corrected chi connectivity index (χ2v) is 6.23. The number of rotatable bonds is 5. The highest BCUT2D eigenvalue weighted by Gasteiger charge is 2.18. The molecule has 0 unspecified atom stereocenters. The number of aromatic nitrogens is 3. The number of hydrogen-bond donors (Lipinski definition) is 0. The van der Waals surface area contributed by atoms with Crippen LogP contribution >= 0.6 is 0 Å². The van der Waals surface area contributed by atoms with Crippen LogP contribution in [-0.2, 0) is 6.54 Å². The summed E-state index contributed by atoms with van der Waals surface area (Å²) in [7, 11) is 1.74. The van der Waals surface area contributed by atoms with Gasteiger partial charge in [0.2, 0.25) is 0 Å². The van der Waals surface area contributed by atoms with E-state index < -0.39 is 0 Å². The molecule has 0 aliphatic carbocycles. The van der Waals surface area contributed by atoms with E-state index in [9.17, 15) is 4.79 Å². The minimum absolute atomic E-state index is 0.201. The number of carbonyl (C=O) groups excluding carboxylic acids is 1. The van der Waals surface area contributed by atoms with Crippen LogP contribution in [0.2, 0.25) is 0 Å². The van der Waals surface area contributed by atoms with E-state index in [-0.39, 0.29) is 11.6 Å². The maximum absolute atomic E-state index is 12.6. The summed E-state index contributed by atoms with van der Waals surface area (Å²) in [6, 6.07) is 21.1. The number of nitrogens with zero attached hydrogens (tertiary/aromatic N) is 4. The largest absolute Gasteiger partial charge is 0.355 e. The van der Waals surface area contributed by atoms with Crippen molar-refractivity contribution in [3.05, 3.63) is 90.4 Å². The van der Waals surface area contributed by atoms with Crippen molar-refractivity contribution < 1.29 is 9.32 Å². The molecule has 1 amide bonds. The van der Waals surface area contributed by atoms with Gasteiger partial charge < -0.3 is 9.42 Å². The van der Waals surface area contributed by atoms with Gasteiger partial charge in [0.25, 0.3) is 5.91 Å². The first kappa shape index (κ1) is 16.8. The van der Waals surface area contributed by atoms with E-state index in [4.69, 9.17) is 4.52 Å². The second-order valence-electron chi connectivity index (χ2n) is 6.23. The van der Waals surface area contributed by atoms with Crippen molar-refractivity contribution in [1.82, 2.24) is 19.8 Å². The van der Waals surface area contributed by atoms with Crippen LogP contribution in [0.1, 0.15) is 16.1 Å². The van der Waals surface area contributed by atoms with Crippen molar-refractivity contribution in [3.63, 3.8) is 0 Å². The van der Waals surface area contributed by atoms with Gasteiger partial charge in [-0.1, -0.05) is 53.7 Å². The molecule has 0 spiro atoms. The monoisotopic (exact) mass is 358 g/mol. The Morgan fingerprint density at radius 3 is 2.52 bits per heavy atom. The second kappa shape index (κ2) is 7.29. The fourth-order valence-corrected chi connectivity index (χ4v) is 2.82. The third-order valence-electron chi connectivity index (χ3n) is 4.21. The molecule has 134 valence electrons. The maximum Gasteiger partial charge on any atom is 0.276 e. The summed E-state index contributed by atoms with van der Waals surface area (Å²) in [5.41, 5.74) is 3.07. The molecule has 0 N–H and O–H groups in total. The minimum Gasteiger partial charge on any atom is -0.355 e. The van der Waals surface area contributed by atoms with Crippen molar-refractivity contribution in [2.45, 2.75) is 6.54 Å². The van der Waals surface area contributed by atoms with Crippen LogP contribution in [-0.4, -0.2) is 32.8 Å². The molecule has 6 heteroatoms. The smallest absolute Gasteiger partial charge is 0.276 e. The van der Waals surface area contributed by atoms with Crippen LogP contribution in [0.3, 0.4) is 0 Å². The molecule has 6 nitrogen and oxygen atoms in total. The van der Waals surface area contributed by atoms with Gasteiger partial charge in [-0.25, -0.2) is 4.68 Å². The number of carbonyl (C=O) groups is 1. The van der Waals surface area contributed by atoms with Crippen molar-refractivity contribution in [3.8, 4) is 17.0 Å². The Morgan fingerprint density at radius 2 is 1.78 bits per heavy atom. The van der Waals surface area contributed by atoms with Crippen LogP contribution in [0.25, 0.3) is 17.0 Å². The molecule has 0 saturated heterocycles. The lowest BCUT2D eigenvalue weighted by Crippen LogP contribution is -2.26. The zero-order valence-electron chi connectivity index (χ0n) is 14.8. The van der Waals surface area contributed by atoms with E-state index in [1.807, 2.05) is 66.9 Å². The van der Waals surface area contributed by atoms with E-state index in [0.29, 0.717) is 12.3 Å². The number of benzene rings is 2. The predicted octanol–water partition coefficient (Wildman–Crippen LogP) is 3.80. The first-order valence-electron chi connectivity index (χ1n) is 8.57. The van der Waals surface area contributed by atoms with E-state index in [0.717, 1.165) is 16.8 Å². The first-order chi connectivity index (χ1) is 13.2. The minimum atomic E-state index is -0.201. The topological polar surface area (TPSA) is 64.2 Å². The zero-order valence-corrected chi connectivity index (χ0v) is 14.8. The molecule has 27 heavy (non-hydrogen) atoms. The van der Waals surface area contributed by atoms with Crippen molar-refractivity contribution in [2.75, 3.05) is 7.05 Å². The Kier molecular flexibility index (Phi) is 4.53. The lowest BCUT2D eigenvalue weighted by Gasteiger charge is -2.14. The van der Waals surface area contributed by atoms with Gasteiger partial charge in [0.1, 0.15) is 0 Å². The third kappa shape index (κ3) is 3.64. The maximum atomic E-state index is 12.6. The Bertz CT molecular complexity index is 1040. The third-order valence-corrected chi connectivity index (χ3v) is 4.21. The Labute approximate surface area is 156 Å². The molecular formula is C21H18N4O2. The Balaban J connectivity index is 1.46. The molecular weight excluding hydrogens is 340 g/mol. The van der Waals surface area contributed by atoms with Crippen LogP contribution in [0.5, 0.6) is 0 Å². The molecule has 0 aliphatic rings. The molecule has 0 bridgehead atoms. The normalized spacial score (nSPS) is 10.7. The molecule has 0 saturated carbocycles. The summed E-state index contributed by atoms with van der Waals surface area (Å²) in [6.07, 6.45) is 3.67. The standard InChI is InChI=1S/C21H18N4O2/c1-24(14-16-13-22-25(15-16)18-10-6-3-7-11-18)21(26)19-12-20(27-23-19)17-8-4-2-5-9-17/h2-13,15H,14H2,1H3. The van der Waals surface area contributed by atoms with E-state index in [1.54, 1.807) is 28.9 Å². The highest BCUT2D eigenvalue weighted by molar-refractivity contribution is 5.92. The average Bonchev–Trinajstić information content (AvgIpc) is 3.39. The zero-order chi connectivity index (χ0) is 18.6. The summed E-state index contributed by atoms with van der Waals surface area (Å²) >= 11 is 0. The predicted molar refractivity (Wildman–Crippen MR) is 101 cm³/mol. The average molecular weight is 358 g/mol. The fraction of sp³-hybridized carbons (Fsp3) is 0.0952. The van der Waals surface area contributed by atoms with E-state index in [1.165, 1.54) is 0 Å². The van der Waals surface area contributed by atoms with Crippen LogP contribution in [0.4, 0.5) is 0 Å². The van der Waals surface area contributed by atoms with Crippen molar-refractivity contribution >= 4 is 5.91 Å². The lowest BCUT2D eigenvalue weighted by molar-refractivity contribution is 0.0775. The van der Waals surface area contributed by atoms with Gasteiger partial charge in [-0.15, -0.1) is 0 Å². The van der Waals surface area contributed by atoms with Gasteiger partial charge in [0.05, 0.1) is 11.9 Å². The summed E-state index contributed by atoms with van der Waals surface area (Å²) < 4.78 is 7.11. The number of para-hydroxylation sites is 1. The first-order valence-corrected chi connectivity index (χ1v) is 8.57. The molecule has 0 atom stereocenters. The highest BCUT2D eigenvalue weighted by Crippen LogP contribution is 2.20. The molecule has 0 radical (unpaired) electrons. The van der Waals surface area contributed by atoms with Crippen LogP contribution in [0.15, 0.2) is 83.6 Å². The molecule has 4 aromatic rings. The molecule has 4 rings (SSSR count). The molecule has 2 heterocycles. The van der Waals surface area contributed by atoms with Gasteiger partial charge in [-0.05, 0) is 12.1 Å². The quantitative estimate of drug-likeness (QED) is 0.544. The van der Waals surface area contributed by atoms with E-state index >= 15 is 0 Å². The summed E-state index contributed by atoms with van der Waals surface area (Å²) in [5.74, 6) is 0.373. The van der Waals surface area contributed by atoms with Gasteiger partial charge in [-0.2, -0.15) is 5.10 Å². The lowest BCUT2D eigenvalue weighted by atomic mass is 10.1. The molecule has 2 aromatic carbocycles. The number of hydrogen-bond acceptors (Lipinski definition) is 4. The van der Waals surface area contributed by atoms with Gasteiger partial charge >= 0.3 is 0 Å². The van der Waals surface area contributed by atoms with E-state index in [2.05, 4.69) is 10.3 Å². The van der Waals surface area contributed by atoms with Gasteiger partial charge in [0, 0.05) is 37.0 Å². The Hall–Kier alpha value is -3.67. The van der Waals surface area contributed by atoms with Gasteiger partial charge in [-0.3, -0.25) is 4.79 Å². The molecule has 0 aliphatic heterocycles. The summed E-state index contributed by atoms with van der Waals surface area (Å²) in [6.45, 7) is 0.430. The Morgan fingerprint density at radius 1 is 1.07 bits per heavy atom. The highest BCUT2D eigenvalue weighted by atomic mass is 16.5. The number of amides is 1. The van der Waals surface area contributed by atoms with Crippen molar-refractivity contribution in [1.29, 1.82) is 0 Å². The SMILES string of the molecule is CN(Cc1cnn(-c2ccccc2)c1)C(=O)c1cc(-c2ccccc2)on1. The van der Waals surface area contributed by atoms with Crippen LogP contribution < -0.4 is 0 Å². The van der Waals surface area contributed by atoms with Crippen molar-refractivity contribution in [2.24, 2.45) is 0 Å². The summed E-state index contributed by atoms with van der Waals surface area (Å²) in [5, 5.41) is 8.28. The van der Waals surface area contributed by atoms with Crippen LogP contribution in [0, 0.1) is 0 Å². The molecule has 0 fully saturated rings. The van der Waals surface area contributed by atoms with Gasteiger partial charge in [0.15, 0.2) is 11.5 Å². The molecule has 2 aromatic heterocycles.